The first kappa shape index (κ1) is 15.1. The van der Waals surface area contributed by atoms with Crippen LogP contribution in [0.15, 0.2) is 36.4 Å². The highest BCUT2D eigenvalue weighted by Gasteiger charge is 2.13. The lowest BCUT2D eigenvalue weighted by atomic mass is 10.0. The van der Waals surface area contributed by atoms with Gasteiger partial charge in [0.1, 0.15) is 5.82 Å². The predicted octanol–water partition coefficient (Wildman–Crippen LogP) is 4.55. The molecule has 0 amide bonds. The Bertz CT molecular complexity index is 617. The Morgan fingerprint density at radius 2 is 1.90 bits per heavy atom. The Morgan fingerprint density at radius 1 is 1.15 bits per heavy atom. The molecule has 0 radical (unpaired) electrons. The number of nitrogens with one attached hydrogen (secondary N) is 1. The van der Waals surface area contributed by atoms with E-state index in [0.717, 1.165) is 11.1 Å². The lowest BCUT2D eigenvalue weighted by Crippen LogP contribution is -2.20. The second-order valence-electron chi connectivity index (χ2n) is 4.57. The van der Waals surface area contributed by atoms with Crippen LogP contribution in [0.1, 0.15) is 17.2 Å². The summed E-state index contributed by atoms with van der Waals surface area (Å²) in [4.78, 5) is 0. The third-order valence-corrected chi connectivity index (χ3v) is 3.83. The van der Waals surface area contributed by atoms with Crippen molar-refractivity contribution < 1.29 is 4.39 Å². The summed E-state index contributed by atoms with van der Waals surface area (Å²) < 4.78 is 13.3. The van der Waals surface area contributed by atoms with Crippen molar-refractivity contribution >= 4 is 28.9 Å². The van der Waals surface area contributed by atoms with E-state index in [1.165, 1.54) is 18.2 Å². The summed E-state index contributed by atoms with van der Waals surface area (Å²) in [5, 5.41) is 4.27. The maximum Gasteiger partial charge on any atom is 0.125 e. The minimum atomic E-state index is -0.352. The molecule has 0 spiro atoms. The summed E-state index contributed by atoms with van der Waals surface area (Å²) in [6.45, 7) is 2.27. The number of nitrogens with two attached hydrogens (primary N) is 1. The molecule has 0 aliphatic carbocycles. The molecule has 0 saturated carbocycles. The normalized spacial score (nSPS) is 12.2. The largest absolute Gasteiger partial charge is 0.376 e. The fraction of sp³-hybridized carbons (Fsp3) is 0.200. The topological polar surface area (TPSA) is 38.0 Å². The van der Waals surface area contributed by atoms with Crippen molar-refractivity contribution in [3.05, 3.63) is 63.4 Å². The second-order valence-corrected chi connectivity index (χ2v) is 5.38. The summed E-state index contributed by atoms with van der Waals surface area (Å²) in [6, 6.07) is 9.71. The Balaban J connectivity index is 2.28. The van der Waals surface area contributed by atoms with E-state index in [-0.39, 0.29) is 11.9 Å². The zero-order valence-electron chi connectivity index (χ0n) is 11.0. The van der Waals surface area contributed by atoms with Gasteiger partial charge in [-0.3, -0.25) is 0 Å². The van der Waals surface area contributed by atoms with Gasteiger partial charge in [-0.05, 0) is 42.3 Å². The molecule has 0 aliphatic rings. The molecule has 0 fully saturated rings. The van der Waals surface area contributed by atoms with E-state index in [2.05, 4.69) is 5.32 Å². The molecule has 2 aromatic rings. The highest BCUT2D eigenvalue weighted by atomic mass is 35.5. The molecule has 5 heteroatoms. The molecule has 3 N–H and O–H groups in total. The Kier molecular flexibility index (Phi) is 4.86. The van der Waals surface area contributed by atoms with Crippen molar-refractivity contribution in [1.82, 2.24) is 0 Å². The third-order valence-electron chi connectivity index (χ3n) is 3.09. The smallest absolute Gasteiger partial charge is 0.125 e. The van der Waals surface area contributed by atoms with Crippen LogP contribution in [0.2, 0.25) is 10.0 Å². The molecule has 0 aliphatic heterocycles. The van der Waals surface area contributed by atoms with Crippen molar-refractivity contribution in [1.29, 1.82) is 0 Å². The maximum atomic E-state index is 13.3. The van der Waals surface area contributed by atoms with Gasteiger partial charge in [-0.15, -0.1) is 0 Å². The highest BCUT2D eigenvalue weighted by molar-refractivity contribution is 6.33. The minimum Gasteiger partial charge on any atom is -0.376 e. The molecule has 1 unspecified atom stereocenters. The Labute approximate surface area is 127 Å². The van der Waals surface area contributed by atoms with Crippen LogP contribution in [0.3, 0.4) is 0 Å². The molecule has 0 aromatic heterocycles. The van der Waals surface area contributed by atoms with Gasteiger partial charge in [-0.1, -0.05) is 35.3 Å². The predicted molar refractivity (Wildman–Crippen MR) is 83.0 cm³/mol. The lowest BCUT2D eigenvalue weighted by Gasteiger charge is -2.20. The van der Waals surface area contributed by atoms with E-state index in [0.29, 0.717) is 22.3 Å². The number of anilines is 1. The van der Waals surface area contributed by atoms with Crippen LogP contribution >= 0.6 is 23.2 Å². The lowest BCUT2D eigenvalue weighted by molar-refractivity contribution is 0.627. The molecule has 0 heterocycles. The fourth-order valence-corrected chi connectivity index (χ4v) is 2.26. The van der Waals surface area contributed by atoms with Gasteiger partial charge in [0.15, 0.2) is 0 Å². The molecule has 2 rings (SSSR count). The molecule has 2 aromatic carbocycles. The molecule has 1 atom stereocenters. The zero-order valence-corrected chi connectivity index (χ0v) is 12.5. The Morgan fingerprint density at radius 3 is 2.55 bits per heavy atom. The summed E-state index contributed by atoms with van der Waals surface area (Å²) in [7, 11) is 0. The van der Waals surface area contributed by atoms with E-state index < -0.39 is 0 Å². The van der Waals surface area contributed by atoms with Crippen molar-refractivity contribution in [2.45, 2.75) is 13.0 Å². The first-order valence-corrected chi connectivity index (χ1v) is 6.94. The summed E-state index contributed by atoms with van der Waals surface area (Å²) in [5.74, 6) is -0.352. The van der Waals surface area contributed by atoms with Gasteiger partial charge < -0.3 is 11.1 Å². The van der Waals surface area contributed by atoms with E-state index in [1.54, 1.807) is 0 Å². The van der Waals surface area contributed by atoms with Gasteiger partial charge >= 0.3 is 0 Å². The third kappa shape index (κ3) is 3.42. The van der Waals surface area contributed by atoms with E-state index in [9.17, 15) is 4.39 Å². The van der Waals surface area contributed by atoms with Crippen molar-refractivity contribution in [2.75, 3.05) is 11.9 Å². The molecule has 0 bridgehead atoms. The van der Waals surface area contributed by atoms with Crippen LogP contribution in [0.4, 0.5) is 10.1 Å². The number of halogens is 3. The molecule has 20 heavy (non-hydrogen) atoms. The van der Waals surface area contributed by atoms with Crippen LogP contribution in [-0.4, -0.2) is 6.54 Å². The summed E-state index contributed by atoms with van der Waals surface area (Å²) in [5.41, 5.74) is 8.23. The minimum absolute atomic E-state index is 0.188. The maximum absolute atomic E-state index is 13.3. The van der Waals surface area contributed by atoms with Crippen LogP contribution in [0, 0.1) is 12.7 Å². The van der Waals surface area contributed by atoms with Gasteiger partial charge in [-0.25, -0.2) is 4.39 Å². The zero-order chi connectivity index (χ0) is 14.7. The molecule has 0 saturated heterocycles. The standard InChI is InChI=1S/C15H15Cl2FN2/c1-9-2-3-10(6-13(9)17)15(8-19)20-14-7-11(18)4-5-12(14)16/h2-7,15,20H,8,19H2,1H3. The van der Waals surface area contributed by atoms with Crippen LogP contribution in [-0.2, 0) is 0 Å². The monoisotopic (exact) mass is 312 g/mol. The second kappa shape index (κ2) is 6.44. The molecule has 106 valence electrons. The quantitative estimate of drug-likeness (QED) is 0.869. The van der Waals surface area contributed by atoms with E-state index >= 15 is 0 Å². The van der Waals surface area contributed by atoms with Gasteiger partial charge in [0.05, 0.1) is 16.8 Å². The Hall–Kier alpha value is -1.29. The molecular formula is C15H15Cl2FN2. The average Bonchev–Trinajstić information content (AvgIpc) is 2.43. The summed E-state index contributed by atoms with van der Waals surface area (Å²) in [6.07, 6.45) is 0. The molecular weight excluding hydrogens is 298 g/mol. The molecule has 2 nitrogen and oxygen atoms in total. The van der Waals surface area contributed by atoms with Crippen molar-refractivity contribution in [3.8, 4) is 0 Å². The summed E-state index contributed by atoms with van der Waals surface area (Å²) >= 11 is 12.2. The highest BCUT2D eigenvalue weighted by Crippen LogP contribution is 2.28. The van der Waals surface area contributed by atoms with Gasteiger partial charge in [0.2, 0.25) is 0 Å². The van der Waals surface area contributed by atoms with Crippen LogP contribution in [0.5, 0.6) is 0 Å². The number of hydrogen-bond donors (Lipinski definition) is 2. The van der Waals surface area contributed by atoms with Gasteiger partial charge in [-0.2, -0.15) is 0 Å². The number of hydrogen-bond acceptors (Lipinski definition) is 2. The van der Waals surface area contributed by atoms with Crippen molar-refractivity contribution in [2.24, 2.45) is 5.73 Å². The first-order valence-electron chi connectivity index (χ1n) is 6.19. The average molecular weight is 313 g/mol. The SMILES string of the molecule is Cc1ccc(C(CN)Nc2cc(F)ccc2Cl)cc1Cl. The van der Waals surface area contributed by atoms with Crippen molar-refractivity contribution in [3.63, 3.8) is 0 Å². The van der Waals surface area contributed by atoms with E-state index in [4.69, 9.17) is 28.9 Å². The van der Waals surface area contributed by atoms with E-state index in [1.807, 2.05) is 25.1 Å². The van der Waals surface area contributed by atoms with Crippen LogP contribution < -0.4 is 11.1 Å². The number of aryl methyl sites for hydroxylation is 1. The van der Waals surface area contributed by atoms with Gasteiger partial charge in [0.25, 0.3) is 0 Å². The fourth-order valence-electron chi connectivity index (χ4n) is 1.90. The number of rotatable bonds is 4. The number of benzene rings is 2. The first-order chi connectivity index (χ1) is 9.51. The van der Waals surface area contributed by atoms with Crippen LogP contribution in [0.25, 0.3) is 0 Å². The van der Waals surface area contributed by atoms with Gasteiger partial charge in [0, 0.05) is 11.6 Å².